The van der Waals surface area contributed by atoms with Crippen molar-refractivity contribution in [3.8, 4) is 0 Å². The van der Waals surface area contributed by atoms with Crippen LogP contribution in [-0.2, 0) is 4.79 Å². The van der Waals surface area contributed by atoms with E-state index in [-0.39, 0.29) is 36.5 Å². The van der Waals surface area contributed by atoms with Gasteiger partial charge in [-0.2, -0.15) is 0 Å². The third-order valence-corrected chi connectivity index (χ3v) is 6.35. The lowest BCUT2D eigenvalue weighted by atomic mass is 9.92. The molecule has 0 bridgehead atoms. The van der Waals surface area contributed by atoms with Crippen LogP contribution in [0.25, 0.3) is 0 Å². The predicted octanol–water partition coefficient (Wildman–Crippen LogP) is 3.52. The standard InChI is InChI=1S/C23H41N3O4/c1-16(2)15-25(23(29)30)20(17(3)4)21(27)26(19-13-9-6-10-14-19)22(28)24-18-11-7-5-8-12-18/h16-20H,5-15H2,1-4H3,(H,24,28)(H,29,30)/p-1. The number of nitrogens with one attached hydrogen (secondary N) is 1. The van der Waals surface area contributed by atoms with Crippen LogP contribution in [0.15, 0.2) is 0 Å². The molecule has 1 N–H and O–H groups in total. The molecule has 172 valence electrons. The first-order chi connectivity index (χ1) is 14.2. The van der Waals surface area contributed by atoms with Gasteiger partial charge in [0.1, 0.15) is 12.1 Å². The highest BCUT2D eigenvalue weighted by Gasteiger charge is 2.40. The van der Waals surface area contributed by atoms with Gasteiger partial charge in [0.25, 0.3) is 5.91 Å². The lowest BCUT2D eigenvalue weighted by molar-refractivity contribution is -0.269. The quantitative estimate of drug-likeness (QED) is 0.679. The zero-order valence-corrected chi connectivity index (χ0v) is 19.2. The van der Waals surface area contributed by atoms with Gasteiger partial charge in [0, 0.05) is 18.6 Å². The zero-order chi connectivity index (χ0) is 22.3. The highest BCUT2D eigenvalue weighted by atomic mass is 16.4. The molecule has 0 aliphatic heterocycles. The number of carbonyl (C=O) groups is 3. The highest BCUT2D eigenvalue weighted by Crippen LogP contribution is 2.27. The van der Waals surface area contributed by atoms with Crippen LogP contribution in [0.1, 0.15) is 91.9 Å². The Hall–Kier alpha value is -1.79. The first-order valence-electron chi connectivity index (χ1n) is 11.8. The molecule has 2 aliphatic carbocycles. The molecule has 0 spiro atoms. The van der Waals surface area contributed by atoms with Crippen molar-refractivity contribution in [2.75, 3.05) is 6.54 Å². The predicted molar refractivity (Wildman–Crippen MR) is 115 cm³/mol. The fourth-order valence-electron chi connectivity index (χ4n) is 4.89. The second-order valence-electron chi connectivity index (χ2n) is 9.79. The van der Waals surface area contributed by atoms with E-state index >= 15 is 0 Å². The van der Waals surface area contributed by atoms with E-state index in [0.717, 1.165) is 62.7 Å². The number of urea groups is 1. The SMILES string of the molecule is CC(C)CN(C(=O)[O-])C(C(=O)N(C(=O)NC1CCCCC1)C1CCCCC1)C(C)C. The molecule has 2 rings (SSSR count). The van der Waals surface area contributed by atoms with Crippen molar-refractivity contribution < 1.29 is 19.5 Å². The second-order valence-corrected chi connectivity index (χ2v) is 9.79. The van der Waals surface area contributed by atoms with Gasteiger partial charge in [0.15, 0.2) is 0 Å². The largest absolute Gasteiger partial charge is 0.530 e. The molecule has 30 heavy (non-hydrogen) atoms. The minimum atomic E-state index is -1.35. The third-order valence-electron chi connectivity index (χ3n) is 6.35. The van der Waals surface area contributed by atoms with Gasteiger partial charge in [0.2, 0.25) is 0 Å². The average Bonchev–Trinajstić information content (AvgIpc) is 2.68. The Morgan fingerprint density at radius 3 is 1.90 bits per heavy atom. The number of hydrogen-bond acceptors (Lipinski definition) is 4. The van der Waals surface area contributed by atoms with Gasteiger partial charge in [0.05, 0.1) is 0 Å². The second kappa shape index (κ2) is 11.6. The summed E-state index contributed by atoms with van der Waals surface area (Å²) in [5.41, 5.74) is 0. The van der Waals surface area contributed by atoms with E-state index in [1.807, 2.05) is 27.7 Å². The van der Waals surface area contributed by atoms with E-state index in [1.165, 1.54) is 11.3 Å². The zero-order valence-electron chi connectivity index (χ0n) is 19.2. The lowest BCUT2D eigenvalue weighted by Crippen LogP contribution is -2.62. The van der Waals surface area contributed by atoms with Crippen LogP contribution in [-0.4, -0.2) is 52.5 Å². The molecule has 7 nitrogen and oxygen atoms in total. The maximum atomic E-state index is 13.7. The van der Waals surface area contributed by atoms with Crippen LogP contribution in [0.2, 0.25) is 0 Å². The molecule has 4 amide bonds. The molecule has 1 atom stereocenters. The van der Waals surface area contributed by atoms with E-state index in [1.54, 1.807) is 0 Å². The Kier molecular flexibility index (Phi) is 9.43. The minimum absolute atomic E-state index is 0.0520. The number of rotatable bonds is 7. The number of amides is 4. The topological polar surface area (TPSA) is 92.8 Å². The molecule has 0 radical (unpaired) electrons. The average molecular weight is 423 g/mol. The summed E-state index contributed by atoms with van der Waals surface area (Å²) in [6, 6.07) is -1.35. The Morgan fingerprint density at radius 1 is 0.900 bits per heavy atom. The van der Waals surface area contributed by atoms with Crippen molar-refractivity contribution in [1.29, 1.82) is 0 Å². The summed E-state index contributed by atoms with van der Waals surface area (Å²) in [5.74, 6) is -0.617. The summed E-state index contributed by atoms with van der Waals surface area (Å²) in [6.07, 6.45) is 8.50. The molecule has 2 aliphatic rings. The van der Waals surface area contributed by atoms with Crippen molar-refractivity contribution in [3.63, 3.8) is 0 Å². The normalized spacial score (nSPS) is 19.5. The van der Waals surface area contributed by atoms with Gasteiger partial charge < -0.3 is 20.1 Å². The molecule has 1 unspecified atom stereocenters. The van der Waals surface area contributed by atoms with Crippen LogP contribution in [0.4, 0.5) is 9.59 Å². The lowest BCUT2D eigenvalue weighted by Gasteiger charge is -2.42. The highest BCUT2D eigenvalue weighted by molar-refractivity contribution is 5.98. The molecule has 2 fully saturated rings. The molecule has 7 heteroatoms. The molecular formula is C23H40N3O4-. The van der Waals surface area contributed by atoms with Gasteiger partial charge in [-0.25, -0.2) is 4.79 Å². The third kappa shape index (κ3) is 6.61. The van der Waals surface area contributed by atoms with Crippen molar-refractivity contribution in [3.05, 3.63) is 0 Å². The van der Waals surface area contributed by atoms with E-state index < -0.39 is 18.0 Å². The van der Waals surface area contributed by atoms with E-state index in [0.29, 0.717) is 0 Å². The summed E-state index contributed by atoms with van der Waals surface area (Å²) in [7, 11) is 0. The number of hydrogen-bond donors (Lipinski definition) is 1. The fourth-order valence-corrected chi connectivity index (χ4v) is 4.89. The maximum Gasteiger partial charge on any atom is 0.324 e. The fraction of sp³-hybridized carbons (Fsp3) is 0.870. The van der Waals surface area contributed by atoms with Crippen LogP contribution in [0.5, 0.6) is 0 Å². The number of imide groups is 1. The van der Waals surface area contributed by atoms with Gasteiger partial charge in [-0.1, -0.05) is 66.2 Å². The van der Waals surface area contributed by atoms with Gasteiger partial charge in [-0.3, -0.25) is 9.69 Å². The van der Waals surface area contributed by atoms with Crippen LogP contribution >= 0.6 is 0 Å². The molecule has 0 saturated heterocycles. The number of nitrogens with zero attached hydrogens (tertiary/aromatic N) is 2. The summed E-state index contributed by atoms with van der Waals surface area (Å²) < 4.78 is 0. The Labute approximate surface area is 181 Å². The summed E-state index contributed by atoms with van der Waals surface area (Å²) in [4.78, 5) is 41.4. The Morgan fingerprint density at radius 2 is 1.43 bits per heavy atom. The Bertz CT molecular complexity index is 581. The smallest absolute Gasteiger partial charge is 0.324 e. The number of carbonyl (C=O) groups excluding carboxylic acids is 3. The van der Waals surface area contributed by atoms with E-state index in [9.17, 15) is 19.5 Å². The van der Waals surface area contributed by atoms with Gasteiger partial charge >= 0.3 is 6.03 Å². The molecule has 0 aromatic rings. The minimum Gasteiger partial charge on any atom is -0.530 e. The molecule has 2 saturated carbocycles. The summed E-state index contributed by atoms with van der Waals surface area (Å²) >= 11 is 0. The Balaban J connectivity index is 2.29. The van der Waals surface area contributed by atoms with Gasteiger partial charge in [-0.05, 0) is 37.5 Å². The van der Waals surface area contributed by atoms with Crippen LogP contribution < -0.4 is 10.4 Å². The first-order valence-corrected chi connectivity index (χ1v) is 11.8. The molecule has 0 aromatic carbocycles. The van der Waals surface area contributed by atoms with Crippen LogP contribution in [0, 0.1) is 11.8 Å². The molecular weight excluding hydrogens is 382 g/mol. The summed E-state index contributed by atoms with van der Waals surface area (Å²) in [5, 5.41) is 15.0. The molecule has 0 aromatic heterocycles. The maximum absolute atomic E-state index is 13.7. The van der Waals surface area contributed by atoms with E-state index in [2.05, 4.69) is 5.32 Å². The monoisotopic (exact) mass is 422 g/mol. The molecule has 0 heterocycles. The van der Waals surface area contributed by atoms with Crippen LogP contribution in [0.3, 0.4) is 0 Å². The van der Waals surface area contributed by atoms with Gasteiger partial charge in [-0.15, -0.1) is 0 Å². The van der Waals surface area contributed by atoms with Crippen molar-refractivity contribution >= 4 is 18.0 Å². The number of carboxylic acid groups (broad SMARTS) is 1. The summed E-state index contributed by atoms with van der Waals surface area (Å²) in [6.45, 7) is 7.69. The van der Waals surface area contributed by atoms with E-state index in [4.69, 9.17) is 0 Å². The van der Waals surface area contributed by atoms with Crippen molar-refractivity contribution in [2.45, 2.75) is 110 Å². The van der Waals surface area contributed by atoms with Crippen molar-refractivity contribution in [2.24, 2.45) is 11.8 Å². The van der Waals surface area contributed by atoms with Crippen molar-refractivity contribution in [1.82, 2.24) is 15.1 Å². The first kappa shape index (κ1) is 24.5.